The predicted octanol–water partition coefficient (Wildman–Crippen LogP) is 11.0. The van der Waals surface area contributed by atoms with Crippen LogP contribution in [0, 0.1) is 55.4 Å². The van der Waals surface area contributed by atoms with Gasteiger partial charge in [-0.15, -0.1) is 24.4 Å². The van der Waals surface area contributed by atoms with Crippen molar-refractivity contribution in [3.8, 4) is 0 Å². The van der Waals surface area contributed by atoms with Crippen LogP contribution in [0.3, 0.4) is 0 Å². The van der Waals surface area contributed by atoms with Crippen molar-refractivity contribution < 1.29 is 45.5 Å². The third kappa shape index (κ3) is 20.3. The maximum absolute atomic E-state index is 12.3. The second-order valence-corrected chi connectivity index (χ2v) is 22.7. The number of ketones is 2. The highest BCUT2D eigenvalue weighted by molar-refractivity contribution is 8.00. The van der Waals surface area contributed by atoms with E-state index in [9.17, 15) is 40.8 Å². The number of carbonyl (C=O) groups excluding carboxylic acids is 4. The molecule has 0 atom stereocenters. The number of esters is 2. The van der Waals surface area contributed by atoms with Crippen LogP contribution in [0.2, 0.25) is 20.1 Å². The number of aromatic nitrogens is 2. The summed E-state index contributed by atoms with van der Waals surface area (Å²) in [4.78, 5) is 58.9. The third-order valence-electron chi connectivity index (χ3n) is 9.55. The maximum Gasteiger partial charge on any atom is 0.313 e. The molecule has 0 fully saturated rings. The zero-order valence-corrected chi connectivity index (χ0v) is 46.2. The normalized spacial score (nSPS) is 10.9. The lowest BCUT2D eigenvalue weighted by atomic mass is 10.2. The molecule has 5 aromatic rings. The fourth-order valence-electron chi connectivity index (χ4n) is 5.88. The molecule has 0 amide bonds. The smallest absolute Gasteiger partial charge is 0.313 e. The topological polar surface area (TPSA) is 204 Å². The van der Waals surface area contributed by atoms with Crippen LogP contribution in [-0.4, -0.2) is 75.3 Å². The van der Waals surface area contributed by atoms with Crippen molar-refractivity contribution in [2.24, 2.45) is 0 Å². The van der Waals surface area contributed by atoms with E-state index in [-0.39, 0.29) is 45.7 Å². The minimum absolute atomic E-state index is 0.0570. The number of aromatic amines is 2. The van der Waals surface area contributed by atoms with Gasteiger partial charge in [-0.25, -0.2) is 16.8 Å². The molecule has 1 aromatic heterocycles. The third-order valence-corrected chi connectivity index (χ3v) is 16.5. The van der Waals surface area contributed by atoms with Gasteiger partial charge in [-0.1, -0.05) is 46.4 Å². The monoisotopic (exact) mass is 1100 g/mol. The lowest BCUT2D eigenvalue weighted by Crippen LogP contribution is -2.21. The number of nitrogens with one attached hydrogen (secondary N) is 2. The van der Waals surface area contributed by atoms with Crippen LogP contribution in [0.25, 0.3) is 0 Å². The first-order chi connectivity index (χ1) is 32.0. The Hall–Kier alpha value is -4.07. The number of benzene rings is 4. The van der Waals surface area contributed by atoms with Crippen molar-refractivity contribution in [2.75, 3.05) is 24.7 Å². The predicted molar refractivity (Wildman–Crippen MR) is 279 cm³/mol. The SMILES string of the molecule is CCOC(=O)CC(=O)CS(=O)(=O)c1cc(C)c(Cl)cc1C.CCOC(=O)CC(=O)CSc1cc(C)c(Cl)cc1C.Cc1cc(Cl)c(C)cc1S.Cc1cc(S(=O)(=O)Cc2cc(=O)[nH][nH]2)c(C)cc1Cl. The Labute approximate surface area is 434 Å². The van der Waals surface area contributed by atoms with Gasteiger partial charge in [-0.3, -0.25) is 29.1 Å². The number of Topliss-reactive ketones (excluding diaryl/α,β-unsaturated/α-hetero) is 2. The lowest BCUT2D eigenvalue weighted by Gasteiger charge is -2.09. The molecular formula is C48H56Cl4N2O11S4. The Balaban J connectivity index is 0.000000324. The summed E-state index contributed by atoms with van der Waals surface area (Å²) in [5, 5.41) is 7.38. The van der Waals surface area contributed by atoms with E-state index in [1.165, 1.54) is 23.9 Å². The van der Waals surface area contributed by atoms with Crippen molar-refractivity contribution in [3.63, 3.8) is 0 Å². The number of hydrogen-bond donors (Lipinski definition) is 3. The summed E-state index contributed by atoms with van der Waals surface area (Å²) in [5.74, 6) is -2.73. The molecule has 2 N–H and O–H groups in total. The highest BCUT2D eigenvalue weighted by Crippen LogP contribution is 2.29. The van der Waals surface area contributed by atoms with Gasteiger partial charge in [0.05, 0.1) is 40.2 Å². The van der Waals surface area contributed by atoms with Crippen LogP contribution in [0.4, 0.5) is 0 Å². The maximum atomic E-state index is 12.3. The molecule has 0 aliphatic carbocycles. The Morgan fingerprint density at radius 1 is 0.551 bits per heavy atom. The van der Waals surface area contributed by atoms with E-state index < -0.39 is 49.6 Å². The summed E-state index contributed by atoms with van der Waals surface area (Å²) in [6.45, 7) is 18.3. The minimum Gasteiger partial charge on any atom is -0.466 e. The number of halogens is 4. The summed E-state index contributed by atoms with van der Waals surface area (Å²) in [6.07, 6.45) is -0.703. The number of hydrogen-bond acceptors (Lipinski definition) is 13. The second kappa shape index (κ2) is 28.1. The molecule has 0 saturated heterocycles. The number of thioether (sulfide) groups is 1. The van der Waals surface area contributed by atoms with Crippen LogP contribution >= 0.6 is 70.8 Å². The molecular weight excluding hydrogens is 1050 g/mol. The van der Waals surface area contributed by atoms with E-state index in [2.05, 4.69) is 27.6 Å². The number of aryl methyl sites for hydroxylation is 8. The highest BCUT2D eigenvalue weighted by atomic mass is 35.5. The van der Waals surface area contributed by atoms with E-state index in [4.69, 9.17) is 51.1 Å². The van der Waals surface area contributed by atoms with Gasteiger partial charge in [-0.05, 0) is 162 Å². The molecule has 0 aliphatic heterocycles. The Morgan fingerprint density at radius 3 is 1.42 bits per heavy atom. The summed E-state index contributed by atoms with van der Waals surface area (Å²) >= 11 is 29.4. The van der Waals surface area contributed by atoms with Crippen molar-refractivity contribution in [2.45, 2.75) is 107 Å². The molecule has 0 radical (unpaired) electrons. The van der Waals surface area contributed by atoms with Crippen molar-refractivity contribution in [3.05, 3.63) is 135 Å². The molecule has 21 heteroatoms. The molecule has 1 heterocycles. The van der Waals surface area contributed by atoms with Gasteiger partial charge >= 0.3 is 11.9 Å². The van der Waals surface area contributed by atoms with Crippen molar-refractivity contribution in [1.29, 1.82) is 0 Å². The number of rotatable bonds is 15. The first-order valence-electron chi connectivity index (χ1n) is 21.0. The van der Waals surface area contributed by atoms with E-state index in [1.54, 1.807) is 59.7 Å². The lowest BCUT2D eigenvalue weighted by molar-refractivity contribution is -0.146. The molecule has 69 heavy (non-hydrogen) atoms. The first kappa shape index (κ1) is 61.1. The number of sulfone groups is 2. The van der Waals surface area contributed by atoms with Gasteiger partial charge in [0, 0.05) is 35.9 Å². The van der Waals surface area contributed by atoms with Crippen LogP contribution in [0.5, 0.6) is 0 Å². The molecule has 0 aliphatic rings. The molecule has 0 saturated carbocycles. The number of ether oxygens (including phenoxy) is 2. The zero-order valence-electron chi connectivity index (χ0n) is 39.8. The molecule has 0 spiro atoms. The van der Waals surface area contributed by atoms with Crippen molar-refractivity contribution in [1.82, 2.24) is 10.2 Å². The van der Waals surface area contributed by atoms with E-state index >= 15 is 0 Å². The average Bonchev–Trinajstić information content (AvgIpc) is 3.64. The van der Waals surface area contributed by atoms with Gasteiger partial charge in [0.1, 0.15) is 18.6 Å². The van der Waals surface area contributed by atoms with Crippen LogP contribution in [0.15, 0.2) is 79.0 Å². The van der Waals surface area contributed by atoms with E-state index in [0.717, 1.165) is 42.1 Å². The Bertz CT molecular complexity index is 2900. The molecule has 4 aromatic carbocycles. The fraction of sp³-hybridized carbons (Fsp3) is 0.354. The van der Waals surface area contributed by atoms with Gasteiger partial charge in [0.2, 0.25) is 0 Å². The largest absolute Gasteiger partial charge is 0.466 e. The van der Waals surface area contributed by atoms with Crippen molar-refractivity contribution >= 4 is 114 Å². The van der Waals surface area contributed by atoms with Gasteiger partial charge < -0.3 is 14.6 Å². The summed E-state index contributed by atoms with van der Waals surface area (Å²) in [6, 6.07) is 15.1. The Morgan fingerprint density at radius 2 is 0.971 bits per heavy atom. The molecule has 376 valence electrons. The summed E-state index contributed by atoms with van der Waals surface area (Å²) in [7, 11) is -7.32. The van der Waals surface area contributed by atoms with Gasteiger partial charge in [-0.2, -0.15) is 0 Å². The highest BCUT2D eigenvalue weighted by Gasteiger charge is 2.24. The van der Waals surface area contributed by atoms with Crippen LogP contribution in [-0.2, 0) is 54.1 Å². The summed E-state index contributed by atoms with van der Waals surface area (Å²) in [5.41, 5.74) is 6.56. The number of carbonyl (C=O) groups is 4. The van der Waals surface area contributed by atoms with E-state index in [1.807, 2.05) is 52.0 Å². The standard InChI is InChI=1S/C14H17ClO5S.C14H17ClO3S.C12H13ClN2O3S.C8H9ClS/c1-4-20-14(17)7-11(16)8-21(18,19)13-6-9(2)12(15)5-10(13)3;1-4-18-14(17)7-11(16)8-19-13-6-9(2)12(15)5-10(13)3;1-7-4-11(8(2)3-10(7)13)19(17,18)6-9-5-12(16)15-14-9;1-5-4-8(10)6(2)3-7(5)9/h5-6H,4,7-8H2,1-3H3;5-6H,4,7-8H2,1-3H3;3-5H,6H2,1-2H3,(H2,14,15,16);3-4,10H,1-2H3. The first-order valence-corrected chi connectivity index (χ1v) is 27.2. The quantitative estimate of drug-likeness (QED) is 0.0388. The fourth-order valence-corrected chi connectivity index (χ4v) is 11.2. The average molecular weight is 1110 g/mol. The van der Waals surface area contributed by atoms with Crippen LogP contribution < -0.4 is 5.56 Å². The van der Waals surface area contributed by atoms with Crippen LogP contribution in [0.1, 0.15) is 76.9 Å². The minimum atomic E-state index is -3.81. The Kier molecular flexibility index (Phi) is 24.9. The summed E-state index contributed by atoms with van der Waals surface area (Å²) < 4.78 is 58.5. The number of H-pyrrole nitrogens is 2. The molecule has 5 rings (SSSR count). The van der Waals surface area contributed by atoms with Gasteiger partial charge in [0.15, 0.2) is 31.2 Å². The molecule has 13 nitrogen and oxygen atoms in total. The number of thiol groups is 1. The second-order valence-electron chi connectivity index (χ2n) is 15.6. The van der Waals surface area contributed by atoms with Gasteiger partial charge in [0.25, 0.3) is 5.56 Å². The molecule has 0 bridgehead atoms. The van der Waals surface area contributed by atoms with E-state index in [0.29, 0.717) is 44.6 Å². The molecule has 0 unspecified atom stereocenters. The zero-order chi connectivity index (χ0) is 52.6.